The highest BCUT2D eigenvalue weighted by atomic mass is 79.9. The van der Waals surface area contributed by atoms with Crippen LogP contribution in [-0.2, 0) is 5.88 Å². The zero-order chi connectivity index (χ0) is 14.1. The molecule has 0 atom stereocenters. The molecular weight excluding hydrogens is 381 g/mol. The molecule has 0 fully saturated rings. The average molecular weight is 389 g/mol. The molecule has 0 aliphatic carbocycles. The van der Waals surface area contributed by atoms with Crippen molar-refractivity contribution in [3.63, 3.8) is 0 Å². The van der Waals surface area contributed by atoms with E-state index in [0.717, 1.165) is 25.9 Å². The Kier molecular flexibility index (Phi) is 4.17. The summed E-state index contributed by atoms with van der Waals surface area (Å²) in [5.41, 5.74) is 0. The van der Waals surface area contributed by atoms with Gasteiger partial charge in [0.05, 0.1) is 10.8 Å². The highest BCUT2D eigenvalue weighted by Crippen LogP contribution is 2.34. The van der Waals surface area contributed by atoms with Crippen molar-refractivity contribution in [2.75, 3.05) is 0 Å². The van der Waals surface area contributed by atoms with Crippen LogP contribution in [0.3, 0.4) is 0 Å². The second kappa shape index (κ2) is 5.90. The molecule has 0 spiro atoms. The van der Waals surface area contributed by atoms with Crippen LogP contribution in [0.15, 0.2) is 40.9 Å². The SMILES string of the molecule is ClCc1sc(Oc2ccc3cc(Br)ccc3c2)nc1Cl. The molecule has 0 aliphatic rings. The van der Waals surface area contributed by atoms with Gasteiger partial charge in [0.1, 0.15) is 10.9 Å². The highest BCUT2D eigenvalue weighted by Gasteiger charge is 2.10. The molecule has 0 radical (unpaired) electrons. The van der Waals surface area contributed by atoms with Crippen LogP contribution in [0.25, 0.3) is 10.8 Å². The largest absolute Gasteiger partial charge is 0.431 e. The Morgan fingerprint density at radius 2 is 1.90 bits per heavy atom. The molecule has 3 rings (SSSR count). The molecule has 1 aromatic heterocycles. The maximum atomic E-state index is 5.95. The van der Waals surface area contributed by atoms with Crippen molar-refractivity contribution in [3.8, 4) is 10.9 Å². The van der Waals surface area contributed by atoms with Crippen molar-refractivity contribution in [1.29, 1.82) is 0 Å². The van der Waals surface area contributed by atoms with Gasteiger partial charge in [-0.1, -0.05) is 51.0 Å². The van der Waals surface area contributed by atoms with Crippen LogP contribution in [-0.4, -0.2) is 4.98 Å². The van der Waals surface area contributed by atoms with Gasteiger partial charge >= 0.3 is 0 Å². The molecule has 1 heterocycles. The van der Waals surface area contributed by atoms with Gasteiger partial charge in [-0.3, -0.25) is 0 Å². The number of fused-ring (bicyclic) bond motifs is 1. The molecule has 2 nitrogen and oxygen atoms in total. The maximum Gasteiger partial charge on any atom is 0.280 e. The summed E-state index contributed by atoms with van der Waals surface area (Å²) in [6.45, 7) is 0. The minimum Gasteiger partial charge on any atom is -0.431 e. The smallest absolute Gasteiger partial charge is 0.280 e. The number of nitrogens with zero attached hydrogens (tertiary/aromatic N) is 1. The first-order chi connectivity index (χ1) is 9.65. The Morgan fingerprint density at radius 3 is 2.65 bits per heavy atom. The molecule has 2 aromatic carbocycles. The van der Waals surface area contributed by atoms with E-state index >= 15 is 0 Å². The fourth-order valence-electron chi connectivity index (χ4n) is 1.80. The van der Waals surface area contributed by atoms with Crippen LogP contribution in [0.2, 0.25) is 5.15 Å². The van der Waals surface area contributed by atoms with Crippen LogP contribution in [0, 0.1) is 0 Å². The average Bonchev–Trinajstić information content (AvgIpc) is 2.79. The van der Waals surface area contributed by atoms with Gasteiger partial charge in [-0.25, -0.2) is 0 Å². The summed E-state index contributed by atoms with van der Waals surface area (Å²) in [7, 11) is 0. The van der Waals surface area contributed by atoms with Gasteiger partial charge in [-0.15, -0.1) is 11.6 Å². The lowest BCUT2D eigenvalue weighted by Gasteiger charge is -2.04. The normalized spacial score (nSPS) is 10.9. The first kappa shape index (κ1) is 14.1. The molecule has 3 aromatic rings. The number of hydrogen-bond donors (Lipinski definition) is 0. The van der Waals surface area contributed by atoms with Gasteiger partial charge in [0.15, 0.2) is 0 Å². The molecule has 0 saturated heterocycles. The molecular formula is C14H8BrCl2NOS. The number of rotatable bonds is 3. The van der Waals surface area contributed by atoms with Crippen molar-refractivity contribution in [1.82, 2.24) is 4.98 Å². The Morgan fingerprint density at radius 1 is 1.15 bits per heavy atom. The number of benzene rings is 2. The molecule has 0 amide bonds. The van der Waals surface area contributed by atoms with Crippen LogP contribution < -0.4 is 4.74 Å². The van der Waals surface area contributed by atoms with Crippen LogP contribution in [0.5, 0.6) is 10.9 Å². The van der Waals surface area contributed by atoms with Crippen molar-refractivity contribution in [2.45, 2.75) is 5.88 Å². The molecule has 0 N–H and O–H groups in total. The van der Waals surface area contributed by atoms with E-state index in [1.54, 1.807) is 0 Å². The van der Waals surface area contributed by atoms with Crippen LogP contribution in [0.1, 0.15) is 4.88 Å². The first-order valence-corrected chi connectivity index (χ1v) is 8.26. The second-order valence-electron chi connectivity index (χ2n) is 4.08. The van der Waals surface area contributed by atoms with Crippen LogP contribution in [0.4, 0.5) is 0 Å². The van der Waals surface area contributed by atoms with E-state index < -0.39 is 0 Å². The van der Waals surface area contributed by atoms with E-state index in [-0.39, 0.29) is 0 Å². The maximum absolute atomic E-state index is 5.95. The monoisotopic (exact) mass is 387 g/mol. The zero-order valence-corrected chi connectivity index (χ0v) is 14.0. The minimum atomic E-state index is 0.339. The number of aromatic nitrogens is 1. The summed E-state index contributed by atoms with van der Waals surface area (Å²) in [6, 6.07) is 12.0. The molecule has 20 heavy (non-hydrogen) atoms. The topological polar surface area (TPSA) is 22.1 Å². The Hall–Kier alpha value is -0.810. The lowest BCUT2D eigenvalue weighted by Crippen LogP contribution is -1.83. The predicted molar refractivity (Wildman–Crippen MR) is 88.4 cm³/mol. The summed E-state index contributed by atoms with van der Waals surface area (Å²) in [5, 5.41) is 3.16. The standard InChI is InChI=1S/C14H8BrCl2NOS/c15-10-3-1-9-6-11(4-2-8(9)5-10)19-14-18-13(17)12(7-16)20-14/h1-6H,7H2. The van der Waals surface area contributed by atoms with Crippen molar-refractivity contribution < 1.29 is 4.74 Å². The number of ether oxygens (including phenoxy) is 1. The third kappa shape index (κ3) is 2.93. The summed E-state index contributed by atoms with van der Waals surface area (Å²) < 4.78 is 6.79. The number of halogens is 3. The minimum absolute atomic E-state index is 0.339. The van der Waals surface area contributed by atoms with Gasteiger partial charge in [-0.05, 0) is 35.0 Å². The molecule has 6 heteroatoms. The molecule has 102 valence electrons. The molecule has 0 saturated carbocycles. The fraction of sp³-hybridized carbons (Fsp3) is 0.0714. The predicted octanol–water partition coefficient (Wildman–Crippen LogP) is 6.24. The molecule has 0 aliphatic heterocycles. The van der Waals surface area contributed by atoms with Gasteiger partial charge in [0.2, 0.25) is 0 Å². The number of alkyl halides is 1. The van der Waals surface area contributed by atoms with Gasteiger partial charge in [0, 0.05) is 4.47 Å². The first-order valence-electron chi connectivity index (χ1n) is 5.74. The van der Waals surface area contributed by atoms with E-state index in [1.807, 2.05) is 30.3 Å². The molecule has 0 bridgehead atoms. The van der Waals surface area contributed by atoms with E-state index in [0.29, 0.717) is 16.2 Å². The van der Waals surface area contributed by atoms with Gasteiger partial charge in [0.25, 0.3) is 5.19 Å². The Balaban J connectivity index is 1.92. The van der Waals surface area contributed by atoms with E-state index in [9.17, 15) is 0 Å². The summed E-state index contributed by atoms with van der Waals surface area (Å²) >= 11 is 16.5. The van der Waals surface area contributed by atoms with E-state index in [2.05, 4.69) is 27.0 Å². The zero-order valence-electron chi connectivity index (χ0n) is 10.1. The highest BCUT2D eigenvalue weighted by molar-refractivity contribution is 9.10. The lowest BCUT2D eigenvalue weighted by molar-refractivity contribution is 0.479. The van der Waals surface area contributed by atoms with Crippen LogP contribution >= 0.6 is 50.5 Å². The number of hydrogen-bond acceptors (Lipinski definition) is 3. The third-order valence-electron chi connectivity index (χ3n) is 2.73. The number of thiazole rings is 1. The Bertz CT molecular complexity index is 775. The second-order valence-corrected chi connectivity index (χ2v) is 6.67. The molecule has 0 unspecified atom stereocenters. The Labute approximate surface area is 138 Å². The van der Waals surface area contributed by atoms with Gasteiger partial charge in [-0.2, -0.15) is 4.98 Å². The van der Waals surface area contributed by atoms with Crippen molar-refractivity contribution in [2.24, 2.45) is 0 Å². The summed E-state index contributed by atoms with van der Waals surface area (Å²) in [6.07, 6.45) is 0. The van der Waals surface area contributed by atoms with E-state index in [1.165, 1.54) is 11.3 Å². The van der Waals surface area contributed by atoms with Crippen molar-refractivity contribution in [3.05, 3.63) is 50.9 Å². The summed E-state index contributed by atoms with van der Waals surface area (Å²) in [5.74, 6) is 1.07. The third-order valence-corrected chi connectivity index (χ3v) is 5.01. The van der Waals surface area contributed by atoms with Crippen molar-refractivity contribution >= 4 is 61.2 Å². The summed E-state index contributed by atoms with van der Waals surface area (Å²) in [4.78, 5) is 4.95. The lowest BCUT2D eigenvalue weighted by atomic mass is 10.1. The quantitative estimate of drug-likeness (QED) is 0.495. The van der Waals surface area contributed by atoms with E-state index in [4.69, 9.17) is 27.9 Å². The fourth-order valence-corrected chi connectivity index (χ4v) is 3.51. The van der Waals surface area contributed by atoms with Gasteiger partial charge < -0.3 is 4.74 Å².